The number of rotatable bonds is 5. The molecule has 2 N–H and O–H groups in total. The normalized spacial score (nSPS) is 11.3. The van der Waals surface area contributed by atoms with Crippen molar-refractivity contribution in [3.05, 3.63) is 18.0 Å². The summed E-state index contributed by atoms with van der Waals surface area (Å²) in [7, 11) is 0. The van der Waals surface area contributed by atoms with Crippen molar-refractivity contribution in [1.29, 1.82) is 0 Å². The molecule has 5 nitrogen and oxygen atoms in total. The highest BCUT2D eigenvalue weighted by Gasteiger charge is 2.05. The molecule has 0 bridgehead atoms. The number of H-pyrrole nitrogens is 1. The third-order valence-corrected chi connectivity index (χ3v) is 2.34. The van der Waals surface area contributed by atoms with E-state index in [0.717, 1.165) is 17.9 Å². The molecule has 0 aliphatic rings. The predicted octanol–water partition coefficient (Wildman–Crippen LogP) is 1.85. The van der Waals surface area contributed by atoms with Gasteiger partial charge in [-0.15, -0.1) is 0 Å². The molecule has 2 aromatic rings. The first-order valence-electron chi connectivity index (χ1n) is 5.91. The highest BCUT2D eigenvalue weighted by Crippen LogP contribution is 2.14. The Morgan fingerprint density at radius 1 is 1.35 bits per heavy atom. The summed E-state index contributed by atoms with van der Waals surface area (Å²) in [5, 5.41) is 3.31. The molecule has 5 heteroatoms. The van der Waals surface area contributed by atoms with Gasteiger partial charge in [0.25, 0.3) is 0 Å². The van der Waals surface area contributed by atoms with Crippen molar-refractivity contribution >= 4 is 11.2 Å². The van der Waals surface area contributed by atoms with Crippen LogP contribution in [-0.2, 0) is 6.54 Å². The largest absolute Gasteiger partial charge is 0.478 e. The van der Waals surface area contributed by atoms with Gasteiger partial charge in [0.05, 0.1) is 18.7 Å². The SMILES string of the molecule is CCOc1ccc2[nH]c(CNC(C)C)nc2n1. The first-order valence-corrected chi connectivity index (χ1v) is 5.91. The maximum atomic E-state index is 5.34. The lowest BCUT2D eigenvalue weighted by atomic mass is 10.4. The highest BCUT2D eigenvalue weighted by molar-refractivity contribution is 5.71. The second-order valence-electron chi connectivity index (χ2n) is 4.17. The average Bonchev–Trinajstić information content (AvgIpc) is 2.69. The summed E-state index contributed by atoms with van der Waals surface area (Å²) in [6.45, 7) is 7.49. The molecular formula is C12H18N4O. The van der Waals surface area contributed by atoms with Crippen LogP contribution in [-0.4, -0.2) is 27.6 Å². The Bertz CT molecular complexity index is 492. The van der Waals surface area contributed by atoms with Crippen LogP contribution in [0.5, 0.6) is 5.88 Å². The summed E-state index contributed by atoms with van der Waals surface area (Å²) >= 11 is 0. The third kappa shape index (κ3) is 2.94. The van der Waals surface area contributed by atoms with Crippen LogP contribution in [0.3, 0.4) is 0 Å². The van der Waals surface area contributed by atoms with Crippen LogP contribution in [0.1, 0.15) is 26.6 Å². The van der Waals surface area contributed by atoms with Crippen LogP contribution in [0.15, 0.2) is 12.1 Å². The maximum absolute atomic E-state index is 5.34. The van der Waals surface area contributed by atoms with Gasteiger partial charge in [-0.1, -0.05) is 13.8 Å². The Kier molecular flexibility index (Phi) is 3.58. The van der Waals surface area contributed by atoms with E-state index in [1.165, 1.54) is 0 Å². The Morgan fingerprint density at radius 3 is 2.88 bits per heavy atom. The van der Waals surface area contributed by atoms with Crippen molar-refractivity contribution in [2.45, 2.75) is 33.4 Å². The van der Waals surface area contributed by atoms with Crippen LogP contribution < -0.4 is 10.1 Å². The van der Waals surface area contributed by atoms with Gasteiger partial charge < -0.3 is 15.0 Å². The monoisotopic (exact) mass is 234 g/mol. The molecule has 0 amide bonds. The topological polar surface area (TPSA) is 62.8 Å². The molecule has 0 aliphatic heterocycles. The van der Waals surface area contributed by atoms with E-state index in [0.29, 0.717) is 24.2 Å². The van der Waals surface area contributed by atoms with Gasteiger partial charge in [-0.05, 0) is 13.0 Å². The van der Waals surface area contributed by atoms with Crippen molar-refractivity contribution in [1.82, 2.24) is 20.3 Å². The zero-order valence-corrected chi connectivity index (χ0v) is 10.4. The summed E-state index contributed by atoms with van der Waals surface area (Å²) in [4.78, 5) is 12.0. The zero-order valence-electron chi connectivity index (χ0n) is 10.4. The first-order chi connectivity index (χ1) is 8.19. The lowest BCUT2D eigenvalue weighted by molar-refractivity contribution is 0.328. The van der Waals surface area contributed by atoms with Crippen LogP contribution in [0.25, 0.3) is 11.2 Å². The Hall–Kier alpha value is -1.62. The van der Waals surface area contributed by atoms with Gasteiger partial charge in [-0.2, -0.15) is 4.98 Å². The van der Waals surface area contributed by atoms with Crippen LogP contribution in [0.4, 0.5) is 0 Å². The summed E-state index contributed by atoms with van der Waals surface area (Å²) in [5.74, 6) is 1.52. The molecule has 0 fully saturated rings. The molecule has 0 saturated carbocycles. The van der Waals surface area contributed by atoms with E-state index in [-0.39, 0.29) is 0 Å². The molecule has 0 aromatic carbocycles. The molecule has 2 heterocycles. The van der Waals surface area contributed by atoms with E-state index >= 15 is 0 Å². The molecule has 17 heavy (non-hydrogen) atoms. The summed E-state index contributed by atoms with van der Waals surface area (Å²) in [5.41, 5.74) is 1.64. The fourth-order valence-corrected chi connectivity index (χ4v) is 1.54. The van der Waals surface area contributed by atoms with Crippen molar-refractivity contribution in [2.24, 2.45) is 0 Å². The average molecular weight is 234 g/mol. The molecule has 0 aliphatic carbocycles. The van der Waals surface area contributed by atoms with Gasteiger partial charge in [0.15, 0.2) is 5.65 Å². The molecule has 2 aromatic heterocycles. The number of hydrogen-bond acceptors (Lipinski definition) is 4. The fraction of sp³-hybridized carbons (Fsp3) is 0.500. The van der Waals surface area contributed by atoms with Gasteiger partial charge >= 0.3 is 0 Å². The number of ether oxygens (including phenoxy) is 1. The molecule has 92 valence electrons. The summed E-state index contributed by atoms with van der Waals surface area (Å²) < 4.78 is 5.34. The molecule has 0 spiro atoms. The second kappa shape index (κ2) is 5.14. The van der Waals surface area contributed by atoms with Gasteiger partial charge in [0.2, 0.25) is 5.88 Å². The number of nitrogens with zero attached hydrogens (tertiary/aromatic N) is 2. The van der Waals surface area contributed by atoms with E-state index in [9.17, 15) is 0 Å². The zero-order chi connectivity index (χ0) is 12.3. The number of nitrogens with one attached hydrogen (secondary N) is 2. The van der Waals surface area contributed by atoms with Crippen molar-refractivity contribution in [3.63, 3.8) is 0 Å². The molecular weight excluding hydrogens is 216 g/mol. The van der Waals surface area contributed by atoms with Gasteiger partial charge in [0.1, 0.15) is 5.82 Å². The number of pyridine rings is 1. The van der Waals surface area contributed by atoms with E-state index in [1.807, 2.05) is 19.1 Å². The molecule has 0 saturated heterocycles. The van der Waals surface area contributed by atoms with Gasteiger partial charge in [-0.3, -0.25) is 0 Å². The van der Waals surface area contributed by atoms with Gasteiger partial charge in [-0.25, -0.2) is 4.98 Å². The van der Waals surface area contributed by atoms with Crippen molar-refractivity contribution < 1.29 is 4.74 Å². The van der Waals surface area contributed by atoms with Crippen LogP contribution in [0, 0.1) is 0 Å². The third-order valence-electron chi connectivity index (χ3n) is 2.34. The predicted molar refractivity (Wildman–Crippen MR) is 67.0 cm³/mol. The first kappa shape index (κ1) is 11.9. The number of aromatic amines is 1. The van der Waals surface area contributed by atoms with E-state index in [4.69, 9.17) is 4.74 Å². The van der Waals surface area contributed by atoms with E-state index in [2.05, 4.69) is 34.1 Å². The van der Waals surface area contributed by atoms with E-state index in [1.54, 1.807) is 0 Å². The number of hydrogen-bond donors (Lipinski definition) is 2. The quantitative estimate of drug-likeness (QED) is 0.828. The molecule has 0 unspecified atom stereocenters. The van der Waals surface area contributed by atoms with Crippen molar-refractivity contribution in [2.75, 3.05) is 6.61 Å². The Morgan fingerprint density at radius 2 is 2.18 bits per heavy atom. The maximum Gasteiger partial charge on any atom is 0.215 e. The highest BCUT2D eigenvalue weighted by atomic mass is 16.5. The summed E-state index contributed by atoms with van der Waals surface area (Å²) in [6.07, 6.45) is 0. The van der Waals surface area contributed by atoms with Crippen molar-refractivity contribution in [3.8, 4) is 5.88 Å². The standard InChI is InChI=1S/C12H18N4O/c1-4-17-11-6-5-9-12(16-11)15-10(14-9)7-13-8(2)3/h5-6,8,13H,4,7H2,1-3H3,(H,14,15,16). The lowest BCUT2D eigenvalue weighted by Gasteiger charge is -2.04. The molecule has 2 rings (SSSR count). The fourth-order valence-electron chi connectivity index (χ4n) is 1.54. The second-order valence-corrected chi connectivity index (χ2v) is 4.17. The Labute approximate surface area is 101 Å². The number of imidazole rings is 1. The summed E-state index contributed by atoms with van der Waals surface area (Å²) in [6, 6.07) is 4.23. The van der Waals surface area contributed by atoms with Crippen LogP contribution in [0.2, 0.25) is 0 Å². The minimum atomic E-state index is 0.440. The number of fused-ring (bicyclic) bond motifs is 1. The van der Waals surface area contributed by atoms with Gasteiger partial charge in [0, 0.05) is 12.1 Å². The minimum absolute atomic E-state index is 0.440. The smallest absolute Gasteiger partial charge is 0.215 e. The van der Waals surface area contributed by atoms with Crippen LogP contribution >= 0.6 is 0 Å². The molecule has 0 atom stereocenters. The lowest BCUT2D eigenvalue weighted by Crippen LogP contribution is -2.22. The molecule has 0 radical (unpaired) electrons. The number of aromatic nitrogens is 3. The minimum Gasteiger partial charge on any atom is -0.478 e. The Balaban J connectivity index is 2.18. The van der Waals surface area contributed by atoms with E-state index < -0.39 is 0 Å².